The molecule has 18 heavy (non-hydrogen) atoms. The van der Waals surface area contributed by atoms with E-state index in [4.69, 9.17) is 5.73 Å². The van der Waals surface area contributed by atoms with Gasteiger partial charge >= 0.3 is 0 Å². The summed E-state index contributed by atoms with van der Waals surface area (Å²) in [5.41, 5.74) is 7.98. The smallest absolute Gasteiger partial charge is 0.251 e. The molecule has 0 aliphatic carbocycles. The zero-order chi connectivity index (χ0) is 13.0. The van der Waals surface area contributed by atoms with Crippen LogP contribution in [0.15, 0.2) is 36.5 Å². The molecule has 0 fully saturated rings. The molecule has 5 heteroatoms. The molecule has 0 unspecified atom stereocenters. The fourth-order valence-corrected chi connectivity index (χ4v) is 1.62. The lowest BCUT2D eigenvalue weighted by Gasteiger charge is -2.04. The van der Waals surface area contributed by atoms with Gasteiger partial charge in [0.05, 0.1) is 12.2 Å². The van der Waals surface area contributed by atoms with Crippen molar-refractivity contribution in [3.05, 3.63) is 53.3 Å². The predicted molar refractivity (Wildman–Crippen MR) is 68.7 cm³/mol. The van der Waals surface area contributed by atoms with Gasteiger partial charge in [0.1, 0.15) is 0 Å². The van der Waals surface area contributed by atoms with E-state index >= 15 is 0 Å². The largest absolute Gasteiger partial charge is 0.346 e. The molecule has 2 aromatic rings. The van der Waals surface area contributed by atoms with Gasteiger partial charge in [0.25, 0.3) is 5.91 Å². The molecule has 0 spiro atoms. The Labute approximate surface area is 106 Å². The van der Waals surface area contributed by atoms with Gasteiger partial charge in [-0.05, 0) is 23.8 Å². The quantitative estimate of drug-likeness (QED) is 0.836. The third kappa shape index (κ3) is 2.95. The molecule has 0 saturated carbocycles. The molecule has 3 N–H and O–H groups in total. The lowest BCUT2D eigenvalue weighted by molar-refractivity contribution is 0.0950. The summed E-state index contributed by atoms with van der Waals surface area (Å²) in [6.07, 6.45) is 1.84. The highest BCUT2D eigenvalue weighted by atomic mass is 16.1. The highest BCUT2D eigenvalue weighted by Crippen LogP contribution is 2.04. The summed E-state index contributed by atoms with van der Waals surface area (Å²) in [6.45, 7) is 0.911. The second-order valence-corrected chi connectivity index (χ2v) is 4.06. The topological polar surface area (TPSA) is 72.9 Å². The minimum Gasteiger partial charge on any atom is -0.346 e. The highest BCUT2D eigenvalue weighted by Gasteiger charge is 2.05. The SMILES string of the molecule is Cn1ccc(CNC(=O)c2ccc(CN)cc2)n1. The average Bonchev–Trinajstić information content (AvgIpc) is 2.82. The van der Waals surface area contributed by atoms with Gasteiger partial charge in [-0.2, -0.15) is 5.10 Å². The van der Waals surface area contributed by atoms with Gasteiger partial charge in [-0.1, -0.05) is 12.1 Å². The molecular formula is C13H16N4O. The van der Waals surface area contributed by atoms with Gasteiger partial charge in [0.2, 0.25) is 0 Å². The third-order valence-electron chi connectivity index (χ3n) is 2.65. The van der Waals surface area contributed by atoms with Crippen molar-refractivity contribution >= 4 is 5.91 Å². The summed E-state index contributed by atoms with van der Waals surface area (Å²) in [5.74, 6) is -0.107. The van der Waals surface area contributed by atoms with Crippen molar-refractivity contribution in [1.82, 2.24) is 15.1 Å². The molecule has 1 heterocycles. The Balaban J connectivity index is 1.94. The Hall–Kier alpha value is -2.14. The maximum absolute atomic E-state index is 11.8. The molecule has 0 saturated heterocycles. The van der Waals surface area contributed by atoms with Gasteiger partial charge in [-0.3, -0.25) is 9.48 Å². The van der Waals surface area contributed by atoms with Crippen LogP contribution in [0.1, 0.15) is 21.6 Å². The fourth-order valence-electron chi connectivity index (χ4n) is 1.62. The number of nitrogens with one attached hydrogen (secondary N) is 1. The van der Waals surface area contributed by atoms with E-state index in [1.165, 1.54) is 0 Å². The number of benzene rings is 1. The molecule has 5 nitrogen and oxygen atoms in total. The lowest BCUT2D eigenvalue weighted by atomic mass is 10.1. The first-order valence-electron chi connectivity index (χ1n) is 5.75. The average molecular weight is 244 g/mol. The number of aromatic nitrogens is 2. The van der Waals surface area contributed by atoms with Gasteiger partial charge in [0.15, 0.2) is 0 Å². The molecular weight excluding hydrogens is 228 g/mol. The van der Waals surface area contributed by atoms with Gasteiger partial charge < -0.3 is 11.1 Å². The van der Waals surface area contributed by atoms with E-state index < -0.39 is 0 Å². The van der Waals surface area contributed by atoms with E-state index in [-0.39, 0.29) is 5.91 Å². The van der Waals surface area contributed by atoms with Crippen LogP contribution < -0.4 is 11.1 Å². The fraction of sp³-hybridized carbons (Fsp3) is 0.231. The number of carbonyl (C=O) groups excluding carboxylic acids is 1. The van der Waals surface area contributed by atoms with Gasteiger partial charge in [-0.25, -0.2) is 0 Å². The standard InChI is InChI=1S/C13H16N4O/c1-17-7-6-12(16-17)9-15-13(18)11-4-2-10(8-14)3-5-11/h2-7H,8-9,14H2,1H3,(H,15,18). The van der Waals surface area contributed by atoms with Crippen molar-refractivity contribution in [2.75, 3.05) is 0 Å². The molecule has 0 radical (unpaired) electrons. The van der Waals surface area contributed by atoms with E-state index in [0.29, 0.717) is 18.7 Å². The van der Waals surface area contributed by atoms with Crippen molar-refractivity contribution in [3.8, 4) is 0 Å². The Morgan fingerprint density at radius 1 is 1.33 bits per heavy atom. The lowest BCUT2D eigenvalue weighted by Crippen LogP contribution is -2.23. The van der Waals surface area contributed by atoms with Crippen LogP contribution in [0.2, 0.25) is 0 Å². The molecule has 0 aliphatic heterocycles. The summed E-state index contributed by atoms with van der Waals surface area (Å²) < 4.78 is 1.71. The first-order chi connectivity index (χ1) is 8.69. The normalized spacial score (nSPS) is 10.3. The van der Waals surface area contributed by atoms with Crippen molar-refractivity contribution < 1.29 is 4.79 Å². The Morgan fingerprint density at radius 3 is 2.61 bits per heavy atom. The second-order valence-electron chi connectivity index (χ2n) is 4.06. The van der Waals surface area contributed by atoms with Crippen molar-refractivity contribution in [2.24, 2.45) is 12.8 Å². The minimum absolute atomic E-state index is 0.107. The van der Waals surface area contributed by atoms with Crippen LogP contribution in [0.3, 0.4) is 0 Å². The van der Waals surface area contributed by atoms with E-state index in [2.05, 4.69) is 10.4 Å². The molecule has 1 amide bonds. The van der Waals surface area contributed by atoms with E-state index in [0.717, 1.165) is 11.3 Å². The Bertz CT molecular complexity index is 530. The summed E-state index contributed by atoms with van der Waals surface area (Å²) in [5, 5.41) is 7.01. The number of carbonyl (C=O) groups is 1. The summed E-state index contributed by atoms with van der Waals surface area (Å²) >= 11 is 0. The summed E-state index contributed by atoms with van der Waals surface area (Å²) in [4.78, 5) is 11.8. The zero-order valence-corrected chi connectivity index (χ0v) is 10.3. The highest BCUT2D eigenvalue weighted by molar-refractivity contribution is 5.94. The van der Waals surface area contributed by atoms with Gasteiger partial charge in [-0.15, -0.1) is 0 Å². The zero-order valence-electron chi connectivity index (χ0n) is 10.3. The number of nitrogens with zero attached hydrogens (tertiary/aromatic N) is 2. The monoisotopic (exact) mass is 244 g/mol. The van der Waals surface area contributed by atoms with Gasteiger partial charge in [0, 0.05) is 25.4 Å². The van der Waals surface area contributed by atoms with Crippen molar-refractivity contribution in [2.45, 2.75) is 13.1 Å². The minimum atomic E-state index is -0.107. The second kappa shape index (κ2) is 5.46. The van der Waals surface area contributed by atoms with E-state index in [1.807, 2.05) is 31.4 Å². The van der Waals surface area contributed by atoms with Crippen molar-refractivity contribution in [3.63, 3.8) is 0 Å². The first kappa shape index (κ1) is 12.3. The first-order valence-corrected chi connectivity index (χ1v) is 5.75. The Morgan fingerprint density at radius 2 is 2.06 bits per heavy atom. The molecule has 1 aromatic heterocycles. The number of rotatable bonds is 4. The van der Waals surface area contributed by atoms with E-state index in [9.17, 15) is 4.79 Å². The maximum Gasteiger partial charge on any atom is 0.251 e. The molecule has 94 valence electrons. The predicted octanol–water partition coefficient (Wildman–Crippen LogP) is 0.809. The number of hydrogen-bond donors (Lipinski definition) is 2. The molecule has 0 bridgehead atoms. The maximum atomic E-state index is 11.8. The van der Waals surface area contributed by atoms with Crippen molar-refractivity contribution in [1.29, 1.82) is 0 Å². The molecule has 1 aromatic carbocycles. The number of nitrogens with two attached hydrogens (primary N) is 1. The molecule has 2 rings (SSSR count). The van der Waals surface area contributed by atoms with Crippen LogP contribution in [-0.2, 0) is 20.1 Å². The molecule has 0 atom stereocenters. The van der Waals surface area contributed by atoms with Crippen LogP contribution in [0.25, 0.3) is 0 Å². The summed E-state index contributed by atoms with van der Waals surface area (Å²) in [7, 11) is 1.84. The van der Waals surface area contributed by atoms with Crippen LogP contribution in [0, 0.1) is 0 Å². The summed E-state index contributed by atoms with van der Waals surface area (Å²) in [6, 6.07) is 9.13. The third-order valence-corrected chi connectivity index (χ3v) is 2.65. The number of amides is 1. The Kier molecular flexibility index (Phi) is 3.74. The van der Waals surface area contributed by atoms with Crippen LogP contribution in [0.4, 0.5) is 0 Å². The van der Waals surface area contributed by atoms with Crippen LogP contribution in [-0.4, -0.2) is 15.7 Å². The number of hydrogen-bond acceptors (Lipinski definition) is 3. The molecule has 0 aliphatic rings. The van der Waals surface area contributed by atoms with E-state index in [1.54, 1.807) is 16.8 Å². The van der Waals surface area contributed by atoms with Crippen LogP contribution in [0.5, 0.6) is 0 Å². The number of aryl methyl sites for hydroxylation is 1. The van der Waals surface area contributed by atoms with Crippen LogP contribution >= 0.6 is 0 Å².